The highest BCUT2D eigenvalue weighted by Crippen LogP contribution is 2.39. The van der Waals surface area contributed by atoms with Gasteiger partial charge in [-0.3, -0.25) is 10.3 Å². The maximum absolute atomic E-state index is 13.9. The second-order valence-corrected chi connectivity index (χ2v) is 9.78. The average molecular weight is 539 g/mol. The molecule has 9 nitrogen and oxygen atoms in total. The Balaban J connectivity index is 1.65. The maximum atomic E-state index is 13.9. The van der Waals surface area contributed by atoms with Gasteiger partial charge in [0.1, 0.15) is 29.2 Å². The van der Waals surface area contributed by atoms with Crippen LogP contribution in [0.4, 0.5) is 10.2 Å². The van der Waals surface area contributed by atoms with Gasteiger partial charge < -0.3 is 19.3 Å². The zero-order chi connectivity index (χ0) is 27.1. The summed E-state index contributed by atoms with van der Waals surface area (Å²) < 4.78 is 25.3. The van der Waals surface area contributed by atoms with Crippen LogP contribution in [-0.2, 0) is 13.1 Å². The first-order chi connectivity index (χ1) is 18.2. The molecule has 1 aliphatic rings. The number of nitrogens with zero attached hydrogens (tertiary/aromatic N) is 5. The summed E-state index contributed by atoms with van der Waals surface area (Å²) in [6.45, 7) is 8.21. The van der Waals surface area contributed by atoms with Crippen LogP contribution in [0.3, 0.4) is 0 Å². The molecular weight excluding hydrogens is 511 g/mol. The quantitative estimate of drug-likeness (QED) is 0.322. The minimum Gasteiger partial charge on any atom is -0.473 e. The SMILES string of the molecule is CNC(Oc1ccc(Cl)c(-c2nc(-c3c(C)noc3C)c(C)c(N3Cc4cc(F)cnc4C3)n2)c1)[C@@H](C)O. The van der Waals surface area contributed by atoms with Crippen LogP contribution in [-0.4, -0.2) is 44.6 Å². The van der Waals surface area contributed by atoms with Gasteiger partial charge in [0.2, 0.25) is 0 Å². The third-order valence-corrected chi connectivity index (χ3v) is 6.91. The average Bonchev–Trinajstić information content (AvgIpc) is 3.45. The molecule has 0 fully saturated rings. The minimum absolute atomic E-state index is 0.372. The van der Waals surface area contributed by atoms with Gasteiger partial charge in [-0.25, -0.2) is 14.4 Å². The first-order valence-electron chi connectivity index (χ1n) is 12.2. The lowest BCUT2D eigenvalue weighted by Gasteiger charge is -2.23. The molecule has 0 aliphatic carbocycles. The normalized spacial score (nSPS) is 14.5. The zero-order valence-electron chi connectivity index (χ0n) is 21.7. The van der Waals surface area contributed by atoms with Crippen molar-refractivity contribution in [2.75, 3.05) is 11.9 Å². The molecule has 4 heterocycles. The smallest absolute Gasteiger partial charge is 0.175 e. The van der Waals surface area contributed by atoms with E-state index in [-0.39, 0.29) is 5.82 Å². The molecule has 0 saturated heterocycles. The van der Waals surface area contributed by atoms with E-state index in [0.717, 1.165) is 22.4 Å². The number of fused-ring (bicyclic) bond motifs is 1. The first kappa shape index (κ1) is 26.0. The molecule has 38 heavy (non-hydrogen) atoms. The summed E-state index contributed by atoms with van der Waals surface area (Å²) in [5.41, 5.74) is 5.13. The van der Waals surface area contributed by atoms with Crippen LogP contribution < -0.4 is 15.0 Å². The lowest BCUT2D eigenvalue weighted by atomic mass is 10.0. The molecule has 0 spiro atoms. The van der Waals surface area contributed by atoms with Gasteiger partial charge in [0, 0.05) is 17.7 Å². The summed E-state index contributed by atoms with van der Waals surface area (Å²) >= 11 is 6.65. The number of benzene rings is 1. The van der Waals surface area contributed by atoms with Crippen molar-refractivity contribution in [3.8, 4) is 28.4 Å². The van der Waals surface area contributed by atoms with Gasteiger partial charge in [-0.2, -0.15) is 0 Å². The number of anilines is 1. The van der Waals surface area contributed by atoms with Crippen molar-refractivity contribution in [1.29, 1.82) is 0 Å². The molecule has 11 heteroatoms. The highest BCUT2D eigenvalue weighted by molar-refractivity contribution is 6.33. The Morgan fingerprint density at radius 2 is 1.97 bits per heavy atom. The number of rotatable bonds is 7. The van der Waals surface area contributed by atoms with Crippen molar-refractivity contribution in [1.82, 2.24) is 25.4 Å². The topological polar surface area (TPSA) is 109 Å². The van der Waals surface area contributed by atoms with Crippen LogP contribution in [0.5, 0.6) is 5.75 Å². The zero-order valence-corrected chi connectivity index (χ0v) is 22.5. The molecule has 3 aromatic heterocycles. The van der Waals surface area contributed by atoms with Crippen LogP contribution in [0.25, 0.3) is 22.6 Å². The lowest BCUT2D eigenvalue weighted by Crippen LogP contribution is -2.40. The van der Waals surface area contributed by atoms with Gasteiger partial charge in [0.05, 0.1) is 40.4 Å². The van der Waals surface area contributed by atoms with Crippen molar-refractivity contribution in [3.05, 3.63) is 69.6 Å². The maximum Gasteiger partial charge on any atom is 0.175 e. The van der Waals surface area contributed by atoms with Crippen LogP contribution in [0, 0.1) is 26.6 Å². The number of aryl methyl sites for hydroxylation is 2. The number of ether oxygens (including phenoxy) is 1. The Morgan fingerprint density at radius 1 is 1.18 bits per heavy atom. The van der Waals surface area contributed by atoms with Crippen LogP contribution in [0.1, 0.15) is 35.2 Å². The number of halogens is 2. The molecule has 5 rings (SSSR count). The van der Waals surface area contributed by atoms with Gasteiger partial charge in [0.25, 0.3) is 0 Å². The molecule has 0 saturated carbocycles. The molecule has 1 unspecified atom stereocenters. The van der Waals surface area contributed by atoms with Gasteiger partial charge in [-0.15, -0.1) is 0 Å². The molecular formula is C27H28ClFN6O3. The highest BCUT2D eigenvalue weighted by atomic mass is 35.5. The van der Waals surface area contributed by atoms with Crippen molar-refractivity contribution in [2.24, 2.45) is 0 Å². The summed E-state index contributed by atoms with van der Waals surface area (Å²) in [4.78, 5) is 16.2. The van der Waals surface area contributed by atoms with E-state index in [1.54, 1.807) is 32.2 Å². The summed E-state index contributed by atoms with van der Waals surface area (Å²) in [5, 5.41) is 17.5. The molecule has 1 aromatic carbocycles. The molecule has 1 aliphatic heterocycles. The fraction of sp³-hybridized carbons (Fsp3) is 0.333. The molecule has 4 aromatic rings. The number of hydrogen-bond acceptors (Lipinski definition) is 9. The second kappa shape index (κ2) is 10.3. The fourth-order valence-electron chi connectivity index (χ4n) is 4.67. The molecule has 0 amide bonds. The molecule has 2 N–H and O–H groups in total. The predicted molar refractivity (Wildman–Crippen MR) is 141 cm³/mol. The molecule has 0 bridgehead atoms. The van der Waals surface area contributed by atoms with E-state index in [9.17, 15) is 9.50 Å². The number of aliphatic hydroxyl groups is 1. The van der Waals surface area contributed by atoms with E-state index < -0.39 is 12.3 Å². The number of likely N-dealkylation sites (N-methyl/N-ethyl adjacent to an activating group) is 1. The van der Waals surface area contributed by atoms with E-state index >= 15 is 0 Å². The van der Waals surface area contributed by atoms with E-state index in [1.807, 2.05) is 25.7 Å². The van der Waals surface area contributed by atoms with Crippen LogP contribution in [0.15, 0.2) is 35.0 Å². The fourth-order valence-corrected chi connectivity index (χ4v) is 4.87. The Kier molecular flexibility index (Phi) is 7.04. The largest absolute Gasteiger partial charge is 0.473 e. The number of aromatic nitrogens is 4. The van der Waals surface area contributed by atoms with Gasteiger partial charge in [-0.1, -0.05) is 16.8 Å². The van der Waals surface area contributed by atoms with E-state index in [4.69, 9.17) is 30.8 Å². The Bertz CT molecular complexity index is 1490. The molecule has 2 atom stereocenters. The van der Waals surface area contributed by atoms with Crippen molar-refractivity contribution in [3.63, 3.8) is 0 Å². The van der Waals surface area contributed by atoms with Crippen molar-refractivity contribution < 1.29 is 18.8 Å². The lowest BCUT2D eigenvalue weighted by molar-refractivity contribution is 0.0321. The van der Waals surface area contributed by atoms with Crippen molar-refractivity contribution in [2.45, 2.75) is 53.1 Å². The van der Waals surface area contributed by atoms with Gasteiger partial charge in [0.15, 0.2) is 12.1 Å². The summed E-state index contributed by atoms with van der Waals surface area (Å²) in [6.07, 6.45) is -0.137. The van der Waals surface area contributed by atoms with E-state index in [0.29, 0.717) is 58.2 Å². The number of pyridine rings is 1. The standard InChI is InChI=1S/C27H28ClFN6O3/c1-13-24(23-14(2)34-38-16(23)4)32-25(20-9-19(6-7-21(20)28)37-27(30-5)15(3)36)33-26(13)35-11-17-8-18(29)10-31-22(17)12-35/h6-10,15,27,30,36H,11-12H2,1-5H3/t15-,27?/m1/s1. The summed E-state index contributed by atoms with van der Waals surface area (Å²) in [5.74, 6) is 1.80. The van der Waals surface area contributed by atoms with Crippen LogP contribution >= 0.6 is 11.6 Å². The first-order valence-corrected chi connectivity index (χ1v) is 12.6. The summed E-state index contributed by atoms with van der Waals surface area (Å²) in [6, 6.07) is 6.68. The Morgan fingerprint density at radius 3 is 2.66 bits per heavy atom. The number of hydrogen-bond donors (Lipinski definition) is 2. The van der Waals surface area contributed by atoms with Crippen LogP contribution in [0.2, 0.25) is 5.02 Å². The monoisotopic (exact) mass is 538 g/mol. The van der Waals surface area contributed by atoms with Crippen molar-refractivity contribution >= 4 is 17.4 Å². The van der Waals surface area contributed by atoms with E-state index in [2.05, 4.69) is 15.5 Å². The highest BCUT2D eigenvalue weighted by Gasteiger charge is 2.28. The second-order valence-electron chi connectivity index (χ2n) is 9.37. The predicted octanol–water partition coefficient (Wildman–Crippen LogP) is 4.74. The Hall–Kier alpha value is -3.60. The molecule has 0 radical (unpaired) electrons. The minimum atomic E-state index is -0.747. The van der Waals surface area contributed by atoms with E-state index in [1.165, 1.54) is 12.3 Å². The molecule has 198 valence electrons. The number of nitrogens with one attached hydrogen (secondary N) is 1. The third-order valence-electron chi connectivity index (χ3n) is 6.58. The Labute approximate surface area is 224 Å². The summed E-state index contributed by atoms with van der Waals surface area (Å²) in [7, 11) is 1.70. The van der Waals surface area contributed by atoms with Gasteiger partial charge >= 0.3 is 0 Å². The van der Waals surface area contributed by atoms with Gasteiger partial charge in [-0.05, 0) is 64.6 Å². The third kappa shape index (κ3) is 4.82. The number of aliphatic hydroxyl groups excluding tert-OH is 1.